The first-order valence-corrected chi connectivity index (χ1v) is 10.1. The van der Waals surface area contributed by atoms with Crippen LogP contribution in [0.15, 0.2) is 59.5 Å². The molecular formula is C24H24N4O2. The molecule has 0 amide bonds. The highest BCUT2D eigenvalue weighted by atomic mass is 16.5. The van der Waals surface area contributed by atoms with Gasteiger partial charge in [-0.25, -0.2) is 4.98 Å². The van der Waals surface area contributed by atoms with Gasteiger partial charge in [0.05, 0.1) is 5.69 Å². The molecule has 1 aliphatic rings. The minimum atomic E-state index is -0.136. The lowest BCUT2D eigenvalue weighted by atomic mass is 9.93. The summed E-state index contributed by atoms with van der Waals surface area (Å²) in [6, 6.07) is 15.2. The van der Waals surface area contributed by atoms with Gasteiger partial charge in [0.15, 0.2) is 5.82 Å². The summed E-state index contributed by atoms with van der Waals surface area (Å²) in [5, 5.41) is 0. The molecule has 0 spiro atoms. The van der Waals surface area contributed by atoms with E-state index in [1.54, 1.807) is 12.3 Å². The molecule has 6 heteroatoms. The molecule has 0 bridgehead atoms. The monoisotopic (exact) mass is 400 g/mol. The second kappa shape index (κ2) is 9.38. The third-order valence-electron chi connectivity index (χ3n) is 5.35. The maximum Gasteiger partial charge on any atom is 0.251 e. The van der Waals surface area contributed by atoms with Crippen molar-refractivity contribution in [3.8, 4) is 29.6 Å². The first kappa shape index (κ1) is 19.9. The van der Waals surface area contributed by atoms with Crippen molar-refractivity contribution >= 4 is 0 Å². The fourth-order valence-electron chi connectivity index (χ4n) is 3.83. The SMILES string of the molecule is C#CCOc1ccccc1CN1CCC(c2cc(=O)[nH]c(-c3ccccn3)n2)CC1. The normalized spacial score (nSPS) is 14.9. The van der Waals surface area contributed by atoms with Gasteiger partial charge >= 0.3 is 0 Å². The van der Waals surface area contributed by atoms with Crippen molar-refractivity contribution < 1.29 is 4.74 Å². The molecule has 1 aromatic carbocycles. The Labute approximate surface area is 176 Å². The number of likely N-dealkylation sites (tertiary alicyclic amines) is 1. The van der Waals surface area contributed by atoms with E-state index < -0.39 is 0 Å². The van der Waals surface area contributed by atoms with Crippen LogP contribution in [0.4, 0.5) is 0 Å². The van der Waals surface area contributed by atoms with E-state index in [1.165, 1.54) is 0 Å². The van der Waals surface area contributed by atoms with Crippen molar-refractivity contribution in [1.82, 2.24) is 19.9 Å². The number of piperidine rings is 1. The predicted molar refractivity (Wildman–Crippen MR) is 116 cm³/mol. The average Bonchev–Trinajstić information content (AvgIpc) is 2.79. The van der Waals surface area contributed by atoms with Crippen LogP contribution in [0, 0.1) is 12.3 Å². The standard InChI is InChI=1S/C24H24N4O2/c1-2-15-30-22-9-4-3-7-19(22)17-28-13-10-18(11-14-28)21-16-23(29)27-24(26-21)20-8-5-6-12-25-20/h1,3-9,12,16,18H,10-11,13-15,17H2,(H,26,27,29). The molecule has 0 atom stereocenters. The molecule has 6 nitrogen and oxygen atoms in total. The summed E-state index contributed by atoms with van der Waals surface area (Å²) in [5.41, 5.74) is 2.52. The van der Waals surface area contributed by atoms with E-state index in [4.69, 9.17) is 16.1 Å². The van der Waals surface area contributed by atoms with Gasteiger partial charge in [0.25, 0.3) is 5.56 Å². The van der Waals surface area contributed by atoms with Crippen molar-refractivity contribution in [1.29, 1.82) is 0 Å². The number of aromatic amines is 1. The number of ether oxygens (including phenoxy) is 1. The smallest absolute Gasteiger partial charge is 0.251 e. The Morgan fingerprint density at radius 2 is 1.97 bits per heavy atom. The molecule has 1 aliphatic heterocycles. The summed E-state index contributed by atoms with van der Waals surface area (Å²) in [4.78, 5) is 26.4. The third kappa shape index (κ3) is 4.76. The van der Waals surface area contributed by atoms with Crippen LogP contribution in [0.25, 0.3) is 11.5 Å². The molecule has 1 N–H and O–H groups in total. The van der Waals surface area contributed by atoms with Gasteiger partial charge < -0.3 is 9.72 Å². The predicted octanol–water partition coefficient (Wildman–Crippen LogP) is 3.22. The molecule has 30 heavy (non-hydrogen) atoms. The molecule has 3 aromatic rings. The van der Waals surface area contributed by atoms with Gasteiger partial charge in [0.1, 0.15) is 18.1 Å². The first-order chi connectivity index (χ1) is 14.7. The van der Waals surface area contributed by atoms with Gasteiger partial charge in [0.2, 0.25) is 0 Å². The van der Waals surface area contributed by atoms with Gasteiger partial charge in [-0.2, -0.15) is 0 Å². The highest BCUT2D eigenvalue weighted by Crippen LogP contribution is 2.29. The van der Waals surface area contributed by atoms with Gasteiger partial charge in [-0.1, -0.05) is 30.2 Å². The number of hydrogen-bond acceptors (Lipinski definition) is 5. The summed E-state index contributed by atoms with van der Waals surface area (Å²) in [6.07, 6.45) is 8.92. The first-order valence-electron chi connectivity index (χ1n) is 10.1. The molecule has 4 rings (SSSR count). The van der Waals surface area contributed by atoms with Crippen LogP contribution in [0.3, 0.4) is 0 Å². The Morgan fingerprint density at radius 3 is 2.73 bits per heavy atom. The quantitative estimate of drug-likeness (QED) is 0.644. The zero-order valence-corrected chi connectivity index (χ0v) is 16.8. The molecule has 1 saturated heterocycles. The Kier molecular flexibility index (Phi) is 6.21. The largest absolute Gasteiger partial charge is 0.481 e. The fourth-order valence-corrected chi connectivity index (χ4v) is 3.83. The molecule has 3 heterocycles. The molecular weight excluding hydrogens is 376 g/mol. The highest BCUT2D eigenvalue weighted by Gasteiger charge is 2.23. The Balaban J connectivity index is 1.43. The van der Waals surface area contributed by atoms with Crippen molar-refractivity contribution in [2.75, 3.05) is 19.7 Å². The van der Waals surface area contributed by atoms with Crippen LogP contribution in [0.5, 0.6) is 5.75 Å². The van der Waals surface area contributed by atoms with E-state index in [9.17, 15) is 4.79 Å². The zero-order chi connectivity index (χ0) is 20.8. The maximum absolute atomic E-state index is 12.2. The van der Waals surface area contributed by atoms with Crippen LogP contribution in [0.2, 0.25) is 0 Å². The van der Waals surface area contributed by atoms with Crippen molar-refractivity contribution in [2.45, 2.75) is 25.3 Å². The summed E-state index contributed by atoms with van der Waals surface area (Å²) in [6.45, 7) is 2.95. The highest BCUT2D eigenvalue weighted by molar-refractivity contribution is 5.48. The molecule has 1 fully saturated rings. The number of rotatable bonds is 6. The number of benzene rings is 1. The van der Waals surface area contributed by atoms with E-state index >= 15 is 0 Å². The van der Waals surface area contributed by atoms with Gasteiger partial charge in [-0.05, 0) is 44.1 Å². The topological polar surface area (TPSA) is 71.1 Å². The lowest BCUT2D eigenvalue weighted by molar-refractivity contribution is 0.200. The Morgan fingerprint density at radius 1 is 1.17 bits per heavy atom. The maximum atomic E-state index is 12.2. The number of para-hydroxylation sites is 1. The summed E-state index contributed by atoms with van der Waals surface area (Å²) in [7, 11) is 0. The lowest BCUT2D eigenvalue weighted by Crippen LogP contribution is -2.33. The minimum absolute atomic E-state index is 0.136. The van der Waals surface area contributed by atoms with Crippen LogP contribution in [-0.4, -0.2) is 39.5 Å². The van der Waals surface area contributed by atoms with Gasteiger partial charge in [0, 0.05) is 30.3 Å². The molecule has 0 unspecified atom stereocenters. The van der Waals surface area contributed by atoms with E-state index in [-0.39, 0.29) is 18.1 Å². The molecule has 152 valence electrons. The Hall–Kier alpha value is -3.43. The lowest BCUT2D eigenvalue weighted by Gasteiger charge is -2.32. The third-order valence-corrected chi connectivity index (χ3v) is 5.35. The second-order valence-corrected chi connectivity index (χ2v) is 7.38. The fraction of sp³-hybridized carbons (Fsp3) is 0.292. The van der Waals surface area contributed by atoms with E-state index in [1.807, 2.05) is 36.4 Å². The average molecular weight is 400 g/mol. The number of nitrogens with one attached hydrogen (secondary N) is 1. The zero-order valence-electron chi connectivity index (χ0n) is 16.8. The number of terminal acetylenes is 1. The number of aromatic nitrogens is 3. The molecule has 0 radical (unpaired) electrons. The molecule has 2 aromatic heterocycles. The van der Waals surface area contributed by atoms with E-state index in [2.05, 4.69) is 26.9 Å². The van der Waals surface area contributed by atoms with Crippen LogP contribution < -0.4 is 10.3 Å². The summed E-state index contributed by atoms with van der Waals surface area (Å²) in [5.74, 6) is 4.15. The molecule has 0 saturated carbocycles. The number of pyridine rings is 1. The summed E-state index contributed by atoms with van der Waals surface area (Å²) < 4.78 is 5.67. The minimum Gasteiger partial charge on any atom is -0.481 e. The van der Waals surface area contributed by atoms with E-state index in [0.29, 0.717) is 11.5 Å². The van der Waals surface area contributed by atoms with Crippen LogP contribution >= 0.6 is 0 Å². The van der Waals surface area contributed by atoms with Crippen molar-refractivity contribution in [3.63, 3.8) is 0 Å². The van der Waals surface area contributed by atoms with E-state index in [0.717, 1.165) is 49.5 Å². The summed E-state index contributed by atoms with van der Waals surface area (Å²) >= 11 is 0. The number of hydrogen-bond donors (Lipinski definition) is 1. The number of nitrogens with zero attached hydrogens (tertiary/aromatic N) is 3. The van der Waals surface area contributed by atoms with Crippen molar-refractivity contribution in [2.24, 2.45) is 0 Å². The Bertz CT molecular complexity index is 1080. The van der Waals surface area contributed by atoms with Crippen molar-refractivity contribution in [3.05, 3.63) is 76.3 Å². The number of H-pyrrole nitrogens is 1. The van der Waals surface area contributed by atoms with Gasteiger partial charge in [-0.3, -0.25) is 14.7 Å². The van der Waals surface area contributed by atoms with Crippen LogP contribution in [-0.2, 0) is 6.54 Å². The van der Waals surface area contributed by atoms with Gasteiger partial charge in [-0.15, -0.1) is 6.42 Å². The molecule has 0 aliphatic carbocycles. The second-order valence-electron chi connectivity index (χ2n) is 7.38. The van der Waals surface area contributed by atoms with Crippen LogP contribution in [0.1, 0.15) is 30.0 Å².